The summed E-state index contributed by atoms with van der Waals surface area (Å²) in [4.78, 5) is 0. The highest BCUT2D eigenvalue weighted by atomic mass is 16.5. The van der Waals surface area contributed by atoms with E-state index < -0.39 is 0 Å². The molecule has 2 aromatic rings. The van der Waals surface area contributed by atoms with Crippen molar-refractivity contribution < 1.29 is 4.74 Å². The van der Waals surface area contributed by atoms with E-state index >= 15 is 0 Å². The molecule has 0 bridgehead atoms. The highest BCUT2D eigenvalue weighted by Crippen LogP contribution is 2.24. The first kappa shape index (κ1) is 11.7. The van der Waals surface area contributed by atoms with Gasteiger partial charge in [0, 0.05) is 11.6 Å². The first-order valence-corrected chi connectivity index (χ1v) is 5.72. The molecule has 0 saturated carbocycles. The topological polar surface area (TPSA) is 27.1 Å². The Morgan fingerprint density at radius 2 is 1.82 bits per heavy atom. The molecule has 0 amide bonds. The minimum Gasteiger partial charge on any atom is -0.494 e. The molecular formula is C14H18N2O. The first-order valence-electron chi connectivity index (χ1n) is 5.72. The lowest BCUT2D eigenvalue weighted by Crippen LogP contribution is -2.12. The van der Waals surface area contributed by atoms with Crippen LogP contribution in [0.5, 0.6) is 5.75 Å². The number of rotatable bonds is 2. The van der Waals surface area contributed by atoms with Gasteiger partial charge >= 0.3 is 0 Å². The molecule has 0 spiro atoms. The van der Waals surface area contributed by atoms with E-state index in [1.165, 1.54) is 0 Å². The van der Waals surface area contributed by atoms with Gasteiger partial charge in [-0.3, -0.25) is 0 Å². The number of methoxy groups -OCH3 is 1. The molecule has 1 aromatic heterocycles. The number of ether oxygens (including phenoxy) is 1. The molecule has 0 N–H and O–H groups in total. The second-order valence-corrected chi connectivity index (χ2v) is 5.07. The predicted octanol–water partition coefficient (Wildman–Crippen LogP) is 3.18. The molecule has 17 heavy (non-hydrogen) atoms. The molecule has 0 radical (unpaired) electrons. The van der Waals surface area contributed by atoms with Crippen LogP contribution < -0.4 is 4.74 Å². The van der Waals surface area contributed by atoms with Crippen molar-refractivity contribution in [2.45, 2.75) is 26.2 Å². The summed E-state index contributed by atoms with van der Waals surface area (Å²) in [7, 11) is 1.67. The molecule has 3 nitrogen and oxygen atoms in total. The van der Waals surface area contributed by atoms with Gasteiger partial charge in [-0.05, 0) is 18.2 Å². The SMILES string of the molecule is COc1ccccc1-n1ccc(C(C)(C)C)n1. The van der Waals surface area contributed by atoms with Gasteiger partial charge in [0.1, 0.15) is 11.4 Å². The largest absolute Gasteiger partial charge is 0.494 e. The minimum absolute atomic E-state index is 0.0628. The standard InChI is InChI=1S/C14H18N2O/c1-14(2,3)13-9-10-16(15-13)11-7-5-6-8-12(11)17-4/h5-10H,1-4H3. The van der Waals surface area contributed by atoms with Crippen molar-refractivity contribution in [3.05, 3.63) is 42.2 Å². The monoisotopic (exact) mass is 230 g/mol. The first-order chi connectivity index (χ1) is 8.02. The fraction of sp³-hybridized carbons (Fsp3) is 0.357. The molecule has 0 fully saturated rings. The maximum Gasteiger partial charge on any atom is 0.144 e. The van der Waals surface area contributed by atoms with Gasteiger partial charge in [-0.2, -0.15) is 5.10 Å². The van der Waals surface area contributed by atoms with E-state index in [1.807, 2.05) is 41.2 Å². The van der Waals surface area contributed by atoms with Gasteiger partial charge in [0.05, 0.1) is 12.8 Å². The molecule has 0 atom stereocenters. The van der Waals surface area contributed by atoms with Gasteiger partial charge < -0.3 is 4.74 Å². The van der Waals surface area contributed by atoms with E-state index in [0.717, 1.165) is 17.1 Å². The Labute approximate surface area is 102 Å². The van der Waals surface area contributed by atoms with E-state index in [9.17, 15) is 0 Å². The number of benzene rings is 1. The van der Waals surface area contributed by atoms with Crippen LogP contribution in [0, 0.1) is 0 Å². The summed E-state index contributed by atoms with van der Waals surface area (Å²) < 4.78 is 7.19. The number of hydrogen-bond acceptors (Lipinski definition) is 2. The van der Waals surface area contributed by atoms with Crippen LogP contribution in [0.2, 0.25) is 0 Å². The number of aromatic nitrogens is 2. The summed E-state index contributed by atoms with van der Waals surface area (Å²) in [5.41, 5.74) is 2.10. The number of hydrogen-bond donors (Lipinski definition) is 0. The average molecular weight is 230 g/mol. The number of para-hydroxylation sites is 2. The Morgan fingerprint density at radius 1 is 1.12 bits per heavy atom. The Bertz CT molecular complexity index is 509. The van der Waals surface area contributed by atoms with Crippen molar-refractivity contribution in [1.82, 2.24) is 9.78 Å². The molecule has 0 aliphatic rings. The third-order valence-corrected chi connectivity index (χ3v) is 2.69. The summed E-state index contributed by atoms with van der Waals surface area (Å²) in [5.74, 6) is 0.830. The lowest BCUT2D eigenvalue weighted by Gasteiger charge is -2.14. The van der Waals surface area contributed by atoms with Gasteiger partial charge in [0.15, 0.2) is 0 Å². The molecule has 3 heteroatoms. The van der Waals surface area contributed by atoms with Gasteiger partial charge in [0.25, 0.3) is 0 Å². The Balaban J connectivity index is 2.44. The van der Waals surface area contributed by atoms with Gasteiger partial charge in [-0.25, -0.2) is 4.68 Å². The fourth-order valence-corrected chi connectivity index (χ4v) is 1.68. The highest BCUT2D eigenvalue weighted by Gasteiger charge is 2.17. The smallest absolute Gasteiger partial charge is 0.144 e. The average Bonchev–Trinajstić information content (AvgIpc) is 2.77. The van der Waals surface area contributed by atoms with Crippen LogP contribution in [0.25, 0.3) is 5.69 Å². The molecule has 0 aliphatic carbocycles. The van der Waals surface area contributed by atoms with Crippen molar-refractivity contribution in [1.29, 1.82) is 0 Å². The molecule has 90 valence electrons. The summed E-state index contributed by atoms with van der Waals surface area (Å²) >= 11 is 0. The van der Waals surface area contributed by atoms with Crippen LogP contribution in [0.4, 0.5) is 0 Å². The summed E-state index contributed by atoms with van der Waals surface area (Å²) in [6.45, 7) is 6.46. The van der Waals surface area contributed by atoms with E-state index in [-0.39, 0.29) is 5.41 Å². The van der Waals surface area contributed by atoms with E-state index in [1.54, 1.807) is 7.11 Å². The van der Waals surface area contributed by atoms with Crippen molar-refractivity contribution >= 4 is 0 Å². The maximum atomic E-state index is 5.33. The maximum absolute atomic E-state index is 5.33. The van der Waals surface area contributed by atoms with Crippen molar-refractivity contribution in [3.8, 4) is 11.4 Å². The lowest BCUT2D eigenvalue weighted by atomic mass is 9.93. The fourth-order valence-electron chi connectivity index (χ4n) is 1.68. The zero-order valence-corrected chi connectivity index (χ0v) is 10.8. The van der Waals surface area contributed by atoms with Crippen LogP contribution in [-0.4, -0.2) is 16.9 Å². The van der Waals surface area contributed by atoms with Crippen molar-refractivity contribution in [3.63, 3.8) is 0 Å². The molecule has 0 saturated heterocycles. The van der Waals surface area contributed by atoms with E-state index in [4.69, 9.17) is 4.74 Å². The summed E-state index contributed by atoms with van der Waals surface area (Å²) in [6, 6.07) is 9.92. The Kier molecular flexibility index (Phi) is 2.92. The molecule has 1 heterocycles. The lowest BCUT2D eigenvalue weighted by molar-refractivity contribution is 0.411. The molecule has 0 unspecified atom stereocenters. The highest BCUT2D eigenvalue weighted by molar-refractivity contribution is 5.46. The molecular weight excluding hydrogens is 212 g/mol. The Hall–Kier alpha value is -1.77. The van der Waals surface area contributed by atoms with Crippen molar-refractivity contribution in [2.75, 3.05) is 7.11 Å². The minimum atomic E-state index is 0.0628. The summed E-state index contributed by atoms with van der Waals surface area (Å²) in [6.07, 6.45) is 1.97. The zero-order chi connectivity index (χ0) is 12.5. The second kappa shape index (κ2) is 4.24. The van der Waals surface area contributed by atoms with Crippen LogP contribution in [0.3, 0.4) is 0 Å². The normalized spacial score (nSPS) is 11.5. The molecule has 1 aromatic carbocycles. The molecule has 0 aliphatic heterocycles. The zero-order valence-electron chi connectivity index (χ0n) is 10.8. The third kappa shape index (κ3) is 2.33. The van der Waals surface area contributed by atoms with Crippen LogP contribution in [0.15, 0.2) is 36.5 Å². The number of nitrogens with zero attached hydrogens (tertiary/aromatic N) is 2. The van der Waals surface area contributed by atoms with Crippen LogP contribution in [0.1, 0.15) is 26.5 Å². The summed E-state index contributed by atoms with van der Waals surface area (Å²) in [5, 5.41) is 4.60. The van der Waals surface area contributed by atoms with Gasteiger partial charge in [-0.15, -0.1) is 0 Å². The second-order valence-electron chi connectivity index (χ2n) is 5.07. The third-order valence-electron chi connectivity index (χ3n) is 2.69. The van der Waals surface area contributed by atoms with E-state index in [2.05, 4.69) is 25.9 Å². The van der Waals surface area contributed by atoms with E-state index in [0.29, 0.717) is 0 Å². The van der Waals surface area contributed by atoms with Crippen LogP contribution >= 0.6 is 0 Å². The van der Waals surface area contributed by atoms with Gasteiger partial charge in [0.2, 0.25) is 0 Å². The predicted molar refractivity (Wildman–Crippen MR) is 68.8 cm³/mol. The molecule has 2 rings (SSSR count). The quantitative estimate of drug-likeness (QED) is 0.792. The van der Waals surface area contributed by atoms with Crippen LogP contribution in [-0.2, 0) is 5.41 Å². The Morgan fingerprint density at radius 3 is 2.41 bits per heavy atom. The van der Waals surface area contributed by atoms with Gasteiger partial charge in [-0.1, -0.05) is 32.9 Å². The van der Waals surface area contributed by atoms with Crippen molar-refractivity contribution in [2.24, 2.45) is 0 Å².